The second-order valence-electron chi connectivity index (χ2n) is 6.44. The van der Waals surface area contributed by atoms with Crippen molar-refractivity contribution in [1.82, 2.24) is 10.2 Å². The van der Waals surface area contributed by atoms with Crippen molar-refractivity contribution in [2.45, 2.75) is 25.8 Å². The zero-order valence-electron chi connectivity index (χ0n) is 14.9. The first-order valence-corrected chi connectivity index (χ1v) is 8.30. The number of hydrogen-bond donors (Lipinski definition) is 2. The maximum Gasteiger partial charge on any atom is 0.325 e. The second-order valence-corrected chi connectivity index (χ2v) is 6.44. The van der Waals surface area contributed by atoms with Gasteiger partial charge in [-0.3, -0.25) is 14.5 Å². The molecule has 0 radical (unpaired) electrons. The van der Waals surface area contributed by atoms with E-state index in [0.29, 0.717) is 17.2 Å². The molecule has 1 saturated heterocycles. The fourth-order valence-corrected chi connectivity index (χ4v) is 2.85. The predicted molar refractivity (Wildman–Crippen MR) is 95.4 cm³/mol. The molecule has 0 aliphatic carbocycles. The normalized spacial score (nSPS) is 18.9. The summed E-state index contributed by atoms with van der Waals surface area (Å²) in [6, 6.07) is 11.5. The first-order valence-electron chi connectivity index (χ1n) is 8.30. The molecule has 1 aromatic heterocycles. The van der Waals surface area contributed by atoms with E-state index in [0.717, 1.165) is 10.5 Å². The number of nitrogens with zero attached hydrogens (tertiary/aromatic N) is 2. The summed E-state index contributed by atoms with van der Waals surface area (Å²) in [5, 5.41) is 13.9. The summed E-state index contributed by atoms with van der Waals surface area (Å²) >= 11 is 0. The van der Waals surface area contributed by atoms with Crippen molar-refractivity contribution in [1.29, 1.82) is 5.26 Å². The highest BCUT2D eigenvalue weighted by Crippen LogP contribution is 2.30. The summed E-state index contributed by atoms with van der Waals surface area (Å²) in [6.07, 6.45) is 0.279. The van der Waals surface area contributed by atoms with Crippen LogP contribution < -0.4 is 10.6 Å². The smallest absolute Gasteiger partial charge is 0.325 e. The first kappa shape index (κ1) is 18.2. The van der Waals surface area contributed by atoms with Gasteiger partial charge in [-0.05, 0) is 43.7 Å². The number of aryl methyl sites for hydroxylation is 1. The zero-order chi connectivity index (χ0) is 19.6. The summed E-state index contributed by atoms with van der Waals surface area (Å²) in [4.78, 5) is 38.1. The van der Waals surface area contributed by atoms with Gasteiger partial charge in [0.05, 0.1) is 12.5 Å². The van der Waals surface area contributed by atoms with Crippen LogP contribution in [0.25, 0.3) is 0 Å². The fourth-order valence-electron chi connectivity index (χ4n) is 2.85. The third-order valence-electron chi connectivity index (χ3n) is 4.33. The van der Waals surface area contributed by atoms with Crippen molar-refractivity contribution in [3.63, 3.8) is 0 Å². The number of urea groups is 1. The van der Waals surface area contributed by atoms with Crippen LogP contribution in [0, 0.1) is 18.3 Å². The van der Waals surface area contributed by atoms with Crippen molar-refractivity contribution in [3.05, 3.63) is 53.5 Å². The number of furan rings is 1. The molecule has 1 fully saturated rings. The number of rotatable bonds is 5. The van der Waals surface area contributed by atoms with Gasteiger partial charge in [-0.25, -0.2) is 4.79 Å². The molecule has 0 unspecified atom stereocenters. The lowest BCUT2D eigenvalue weighted by Gasteiger charge is -2.19. The minimum Gasteiger partial charge on any atom is -0.463 e. The van der Waals surface area contributed by atoms with Crippen LogP contribution in [0.4, 0.5) is 10.5 Å². The van der Waals surface area contributed by atoms with Crippen LogP contribution in [0.15, 0.2) is 40.8 Å². The molecule has 0 saturated carbocycles. The van der Waals surface area contributed by atoms with Gasteiger partial charge in [0.15, 0.2) is 5.54 Å². The molecule has 1 aliphatic heterocycles. The third-order valence-corrected chi connectivity index (χ3v) is 4.33. The van der Waals surface area contributed by atoms with Gasteiger partial charge < -0.3 is 15.1 Å². The van der Waals surface area contributed by atoms with Gasteiger partial charge in [0.25, 0.3) is 5.91 Å². The highest BCUT2D eigenvalue weighted by atomic mass is 16.3. The highest BCUT2D eigenvalue weighted by molar-refractivity contribution is 6.10. The Morgan fingerprint density at radius 3 is 2.56 bits per heavy atom. The largest absolute Gasteiger partial charge is 0.463 e. The number of carbonyl (C=O) groups is 3. The monoisotopic (exact) mass is 366 g/mol. The molecule has 2 aromatic rings. The molecule has 1 aromatic carbocycles. The first-order chi connectivity index (χ1) is 12.8. The van der Waals surface area contributed by atoms with Gasteiger partial charge >= 0.3 is 6.03 Å². The molecular weight excluding hydrogens is 348 g/mol. The molecule has 3 rings (SSSR count). The Kier molecular flexibility index (Phi) is 4.69. The average Bonchev–Trinajstić information content (AvgIpc) is 3.15. The maximum absolute atomic E-state index is 12.7. The molecule has 1 atom stereocenters. The van der Waals surface area contributed by atoms with Gasteiger partial charge in [0.1, 0.15) is 18.1 Å². The molecule has 138 valence electrons. The molecule has 1 aliphatic rings. The van der Waals surface area contributed by atoms with E-state index in [-0.39, 0.29) is 6.42 Å². The SMILES string of the molecule is Cc1ccc([C@@]2(C)NC(=O)N(CC(=O)Nc3ccc(CC#N)cc3)C2=O)o1. The molecule has 2 N–H and O–H groups in total. The molecule has 0 bridgehead atoms. The van der Waals surface area contributed by atoms with Gasteiger partial charge in [0, 0.05) is 5.69 Å². The summed E-state index contributed by atoms with van der Waals surface area (Å²) in [5.74, 6) is -0.133. The molecule has 0 spiro atoms. The molecule has 2 heterocycles. The van der Waals surface area contributed by atoms with E-state index < -0.39 is 29.9 Å². The quantitative estimate of drug-likeness (QED) is 0.786. The Hall–Kier alpha value is -3.60. The fraction of sp³-hybridized carbons (Fsp3) is 0.263. The lowest BCUT2D eigenvalue weighted by molar-refractivity contribution is -0.134. The van der Waals surface area contributed by atoms with E-state index in [1.807, 2.05) is 6.07 Å². The lowest BCUT2D eigenvalue weighted by atomic mass is 9.99. The zero-order valence-corrected chi connectivity index (χ0v) is 14.9. The van der Waals surface area contributed by atoms with Crippen LogP contribution in [0.1, 0.15) is 24.0 Å². The Labute approximate surface area is 155 Å². The number of nitriles is 1. The number of benzene rings is 1. The summed E-state index contributed by atoms with van der Waals surface area (Å²) in [6.45, 7) is 2.86. The Morgan fingerprint density at radius 2 is 1.96 bits per heavy atom. The van der Waals surface area contributed by atoms with Gasteiger partial charge in [0.2, 0.25) is 5.91 Å². The Bertz CT molecular complexity index is 941. The van der Waals surface area contributed by atoms with Crippen molar-refractivity contribution in [3.8, 4) is 6.07 Å². The number of anilines is 1. The van der Waals surface area contributed by atoms with E-state index in [4.69, 9.17) is 9.68 Å². The number of imide groups is 1. The van der Waals surface area contributed by atoms with E-state index in [9.17, 15) is 14.4 Å². The van der Waals surface area contributed by atoms with Crippen molar-refractivity contribution in [2.24, 2.45) is 0 Å². The standard InChI is InChI=1S/C19H18N4O4/c1-12-3-8-15(27-12)19(2)17(25)23(18(26)22-19)11-16(24)21-14-6-4-13(5-7-14)9-10-20/h3-8H,9,11H2,1-2H3,(H,21,24)(H,22,26)/t19-/m1/s1. The maximum atomic E-state index is 12.7. The van der Waals surface area contributed by atoms with Crippen molar-refractivity contribution < 1.29 is 18.8 Å². The Balaban J connectivity index is 1.68. The predicted octanol–water partition coefficient (Wildman–Crippen LogP) is 2.06. The van der Waals surface area contributed by atoms with Crippen LogP contribution >= 0.6 is 0 Å². The molecular formula is C19H18N4O4. The third kappa shape index (κ3) is 3.53. The van der Waals surface area contributed by atoms with Crippen LogP contribution in [0.5, 0.6) is 0 Å². The van der Waals surface area contributed by atoms with Gasteiger partial charge in [-0.15, -0.1) is 0 Å². The van der Waals surface area contributed by atoms with Crippen molar-refractivity contribution >= 4 is 23.5 Å². The minimum absolute atomic E-state index is 0.279. The van der Waals surface area contributed by atoms with E-state index in [1.54, 1.807) is 43.3 Å². The van der Waals surface area contributed by atoms with E-state index >= 15 is 0 Å². The molecule has 8 nitrogen and oxygen atoms in total. The van der Waals surface area contributed by atoms with Crippen LogP contribution in [0.3, 0.4) is 0 Å². The highest BCUT2D eigenvalue weighted by Gasteiger charge is 2.51. The molecule has 4 amide bonds. The molecule has 27 heavy (non-hydrogen) atoms. The number of amides is 4. The van der Waals surface area contributed by atoms with Crippen LogP contribution in [-0.2, 0) is 21.5 Å². The minimum atomic E-state index is -1.34. The lowest BCUT2D eigenvalue weighted by Crippen LogP contribution is -2.41. The van der Waals surface area contributed by atoms with Crippen LogP contribution in [0.2, 0.25) is 0 Å². The van der Waals surface area contributed by atoms with Crippen LogP contribution in [-0.4, -0.2) is 29.3 Å². The summed E-state index contributed by atoms with van der Waals surface area (Å²) in [7, 11) is 0. The molecule has 8 heteroatoms. The van der Waals surface area contributed by atoms with Gasteiger partial charge in [-0.1, -0.05) is 12.1 Å². The second kappa shape index (κ2) is 6.96. The Morgan fingerprint density at radius 1 is 1.26 bits per heavy atom. The number of hydrogen-bond acceptors (Lipinski definition) is 5. The van der Waals surface area contributed by atoms with Crippen molar-refractivity contribution in [2.75, 3.05) is 11.9 Å². The summed E-state index contributed by atoms with van der Waals surface area (Å²) < 4.78 is 5.48. The topological polar surface area (TPSA) is 115 Å². The average molecular weight is 366 g/mol. The van der Waals surface area contributed by atoms with E-state index in [1.165, 1.54) is 6.92 Å². The number of carbonyl (C=O) groups excluding carboxylic acids is 3. The summed E-state index contributed by atoms with van der Waals surface area (Å²) in [5.41, 5.74) is -0.00263. The number of nitrogens with one attached hydrogen (secondary N) is 2. The van der Waals surface area contributed by atoms with Gasteiger partial charge in [-0.2, -0.15) is 5.26 Å². The van der Waals surface area contributed by atoms with E-state index in [2.05, 4.69) is 10.6 Å².